The van der Waals surface area contributed by atoms with Crippen LogP contribution in [0.4, 0.5) is 0 Å². The van der Waals surface area contributed by atoms with Crippen LogP contribution in [0.2, 0.25) is 0 Å². The summed E-state index contributed by atoms with van der Waals surface area (Å²) < 4.78 is 0. The first kappa shape index (κ1) is 20.2. The fraction of sp³-hybridized carbons (Fsp3) is 0.867. The second-order valence-corrected chi connectivity index (χ2v) is 5.68. The van der Waals surface area contributed by atoms with Crippen LogP contribution in [0.15, 0.2) is 0 Å². The summed E-state index contributed by atoms with van der Waals surface area (Å²) in [5.41, 5.74) is 5.37. The molecule has 0 fully saturated rings. The van der Waals surface area contributed by atoms with Crippen molar-refractivity contribution >= 4 is 23.5 Å². The van der Waals surface area contributed by atoms with Crippen molar-refractivity contribution in [3.8, 4) is 0 Å². The number of nitrogens with two attached hydrogens (primary N) is 1. The standard InChI is InChI=1S/C15H29ClN2O3/c16-11-7-4-2-1-3-5-10-14(19)18-13(15(20)21)9-6-8-12-17/h13H,1-12,17H2,(H,18,19)(H,20,21)/t13-/m0/s1. The summed E-state index contributed by atoms with van der Waals surface area (Å²) in [4.78, 5) is 22.8. The molecule has 0 bridgehead atoms. The predicted octanol–water partition coefficient (Wildman–Crippen LogP) is 2.65. The summed E-state index contributed by atoms with van der Waals surface area (Å²) in [6.45, 7) is 0.546. The topological polar surface area (TPSA) is 92.4 Å². The van der Waals surface area contributed by atoms with Gasteiger partial charge in [-0.2, -0.15) is 0 Å². The van der Waals surface area contributed by atoms with Gasteiger partial charge < -0.3 is 16.2 Å². The Morgan fingerprint density at radius 3 is 2.19 bits per heavy atom. The van der Waals surface area contributed by atoms with Gasteiger partial charge >= 0.3 is 5.97 Å². The van der Waals surface area contributed by atoms with E-state index in [1.165, 1.54) is 0 Å². The van der Waals surface area contributed by atoms with Gasteiger partial charge in [0.15, 0.2) is 0 Å². The molecule has 0 aromatic carbocycles. The van der Waals surface area contributed by atoms with E-state index in [9.17, 15) is 9.59 Å². The van der Waals surface area contributed by atoms with E-state index < -0.39 is 12.0 Å². The van der Waals surface area contributed by atoms with Gasteiger partial charge in [0.25, 0.3) is 0 Å². The van der Waals surface area contributed by atoms with Gasteiger partial charge in [-0.1, -0.05) is 25.7 Å². The molecule has 0 saturated carbocycles. The maximum atomic E-state index is 11.7. The molecule has 0 heterocycles. The van der Waals surface area contributed by atoms with E-state index >= 15 is 0 Å². The quantitative estimate of drug-likeness (QED) is 0.339. The second kappa shape index (κ2) is 14.1. The molecule has 4 N–H and O–H groups in total. The van der Waals surface area contributed by atoms with Crippen LogP contribution in [0.5, 0.6) is 0 Å². The van der Waals surface area contributed by atoms with Gasteiger partial charge in [0.2, 0.25) is 5.91 Å². The number of halogens is 1. The zero-order valence-corrected chi connectivity index (χ0v) is 13.5. The number of amides is 1. The first-order valence-corrected chi connectivity index (χ1v) is 8.43. The number of alkyl halides is 1. The lowest BCUT2D eigenvalue weighted by atomic mass is 10.1. The van der Waals surface area contributed by atoms with E-state index in [0.29, 0.717) is 31.7 Å². The van der Waals surface area contributed by atoms with E-state index in [1.807, 2.05) is 0 Å². The zero-order valence-electron chi connectivity index (χ0n) is 12.8. The van der Waals surface area contributed by atoms with Crippen molar-refractivity contribution in [3.05, 3.63) is 0 Å². The minimum Gasteiger partial charge on any atom is -0.480 e. The molecule has 0 aromatic rings. The van der Waals surface area contributed by atoms with Crippen LogP contribution in [-0.2, 0) is 9.59 Å². The number of hydrogen-bond acceptors (Lipinski definition) is 3. The summed E-state index contributed by atoms with van der Waals surface area (Å²) in [7, 11) is 0. The largest absolute Gasteiger partial charge is 0.480 e. The Morgan fingerprint density at radius 2 is 1.62 bits per heavy atom. The lowest BCUT2D eigenvalue weighted by Crippen LogP contribution is -2.40. The van der Waals surface area contributed by atoms with Gasteiger partial charge in [-0.05, 0) is 38.6 Å². The smallest absolute Gasteiger partial charge is 0.326 e. The highest BCUT2D eigenvalue weighted by atomic mass is 35.5. The molecule has 6 heteroatoms. The van der Waals surface area contributed by atoms with E-state index in [4.69, 9.17) is 22.4 Å². The highest BCUT2D eigenvalue weighted by molar-refractivity contribution is 6.17. The number of hydrogen-bond donors (Lipinski definition) is 3. The molecule has 0 aliphatic heterocycles. The summed E-state index contributed by atoms with van der Waals surface area (Å²) in [5.74, 6) is -0.430. The third-order valence-electron chi connectivity index (χ3n) is 3.37. The van der Waals surface area contributed by atoms with E-state index in [2.05, 4.69) is 5.32 Å². The minimum absolute atomic E-state index is 0.170. The zero-order chi connectivity index (χ0) is 15.9. The van der Waals surface area contributed by atoms with E-state index in [1.54, 1.807) is 0 Å². The van der Waals surface area contributed by atoms with Crippen molar-refractivity contribution in [1.29, 1.82) is 0 Å². The molecule has 0 radical (unpaired) electrons. The first-order chi connectivity index (χ1) is 10.1. The van der Waals surface area contributed by atoms with E-state index in [0.717, 1.165) is 44.9 Å². The number of aliphatic carboxylic acids is 1. The third-order valence-corrected chi connectivity index (χ3v) is 3.63. The molecule has 0 aliphatic carbocycles. The molecule has 0 spiro atoms. The number of carboxylic acids is 1. The van der Waals surface area contributed by atoms with Gasteiger partial charge in [0.05, 0.1) is 0 Å². The number of rotatable bonds is 14. The predicted molar refractivity (Wildman–Crippen MR) is 85.5 cm³/mol. The van der Waals surface area contributed by atoms with Gasteiger partial charge in [-0.3, -0.25) is 4.79 Å². The van der Waals surface area contributed by atoms with Crippen LogP contribution in [0.3, 0.4) is 0 Å². The van der Waals surface area contributed by atoms with Crippen LogP contribution < -0.4 is 11.1 Å². The van der Waals surface area contributed by atoms with E-state index in [-0.39, 0.29) is 5.91 Å². The molecule has 1 atom stereocenters. The van der Waals surface area contributed by atoms with Crippen molar-refractivity contribution in [2.24, 2.45) is 5.73 Å². The molecule has 0 rings (SSSR count). The maximum Gasteiger partial charge on any atom is 0.326 e. The summed E-state index contributed by atoms with van der Waals surface area (Å²) in [6, 6.07) is -0.784. The van der Waals surface area contributed by atoms with Gasteiger partial charge in [0, 0.05) is 12.3 Å². The molecule has 21 heavy (non-hydrogen) atoms. The van der Waals surface area contributed by atoms with Crippen LogP contribution in [-0.4, -0.2) is 35.4 Å². The normalized spacial score (nSPS) is 12.1. The number of carboxylic acid groups (broad SMARTS) is 1. The maximum absolute atomic E-state index is 11.7. The van der Waals surface area contributed by atoms with Crippen molar-refractivity contribution < 1.29 is 14.7 Å². The second-order valence-electron chi connectivity index (χ2n) is 5.30. The molecule has 124 valence electrons. The molecule has 5 nitrogen and oxygen atoms in total. The van der Waals surface area contributed by atoms with Gasteiger partial charge in [0.1, 0.15) is 6.04 Å². The fourth-order valence-corrected chi connectivity index (χ4v) is 2.29. The lowest BCUT2D eigenvalue weighted by Gasteiger charge is -2.14. The monoisotopic (exact) mass is 320 g/mol. The fourth-order valence-electron chi connectivity index (χ4n) is 2.10. The van der Waals surface area contributed by atoms with Crippen LogP contribution >= 0.6 is 11.6 Å². The number of nitrogens with one attached hydrogen (secondary N) is 1. The van der Waals surface area contributed by atoms with Crippen molar-refractivity contribution in [3.63, 3.8) is 0 Å². The molecular weight excluding hydrogens is 292 g/mol. The lowest BCUT2D eigenvalue weighted by molar-refractivity contribution is -0.142. The molecular formula is C15H29ClN2O3. The number of carbonyl (C=O) groups excluding carboxylic acids is 1. The molecule has 0 aromatic heterocycles. The summed E-state index contributed by atoms with van der Waals surface area (Å²) >= 11 is 5.59. The van der Waals surface area contributed by atoms with Gasteiger partial charge in [-0.15, -0.1) is 11.6 Å². The third kappa shape index (κ3) is 12.6. The average Bonchev–Trinajstić information content (AvgIpc) is 2.45. The Hall–Kier alpha value is -0.810. The minimum atomic E-state index is -0.971. The van der Waals surface area contributed by atoms with Crippen molar-refractivity contribution in [1.82, 2.24) is 5.32 Å². The number of unbranched alkanes of at least 4 members (excludes halogenated alkanes) is 6. The van der Waals surface area contributed by atoms with Crippen LogP contribution in [0, 0.1) is 0 Å². The van der Waals surface area contributed by atoms with Crippen molar-refractivity contribution in [2.75, 3.05) is 12.4 Å². The first-order valence-electron chi connectivity index (χ1n) is 7.90. The molecule has 0 saturated heterocycles. The highest BCUT2D eigenvalue weighted by Crippen LogP contribution is 2.08. The SMILES string of the molecule is NCCCC[C@H](NC(=O)CCCCCCCCCl)C(=O)O. The Bertz CT molecular complexity index is 288. The Balaban J connectivity index is 3.70. The number of carbonyl (C=O) groups is 2. The molecule has 0 aliphatic rings. The summed E-state index contributed by atoms with van der Waals surface area (Å²) in [6.07, 6.45) is 8.57. The Labute approximate surface area is 132 Å². The van der Waals surface area contributed by atoms with Gasteiger partial charge in [-0.25, -0.2) is 4.79 Å². The van der Waals surface area contributed by atoms with Crippen molar-refractivity contribution in [2.45, 2.75) is 70.3 Å². The summed E-state index contributed by atoms with van der Waals surface area (Å²) in [5, 5.41) is 11.6. The molecule has 1 amide bonds. The van der Waals surface area contributed by atoms with Crippen LogP contribution in [0.25, 0.3) is 0 Å². The average molecular weight is 321 g/mol. The Morgan fingerprint density at radius 1 is 1.00 bits per heavy atom. The Kier molecular flexibility index (Phi) is 13.6. The van der Waals surface area contributed by atoms with Crippen LogP contribution in [0.1, 0.15) is 64.2 Å². The molecule has 0 unspecified atom stereocenters. The highest BCUT2D eigenvalue weighted by Gasteiger charge is 2.18.